The summed E-state index contributed by atoms with van der Waals surface area (Å²) in [5.41, 5.74) is 3.08. The number of hydrogen-bond acceptors (Lipinski definition) is 2. The van der Waals surface area contributed by atoms with E-state index in [1.165, 1.54) is 49.7 Å². The Balaban J connectivity index is 1.81. The van der Waals surface area contributed by atoms with Gasteiger partial charge in [-0.1, -0.05) is 37.1 Å². The van der Waals surface area contributed by atoms with Crippen molar-refractivity contribution in [1.29, 1.82) is 0 Å². The molecule has 1 spiro atoms. The van der Waals surface area contributed by atoms with Crippen LogP contribution in [0.5, 0.6) is 0 Å². The summed E-state index contributed by atoms with van der Waals surface area (Å²) in [6, 6.07) is 9.28. The summed E-state index contributed by atoms with van der Waals surface area (Å²) in [6.07, 6.45) is 7.65. The molecule has 1 saturated carbocycles. The summed E-state index contributed by atoms with van der Waals surface area (Å²) in [5.74, 6) is 0.702. The lowest BCUT2D eigenvalue weighted by atomic mass is 9.78. The second kappa shape index (κ2) is 5.87. The minimum atomic E-state index is 0.209. The summed E-state index contributed by atoms with van der Waals surface area (Å²) in [7, 11) is 2.11. The monoisotopic (exact) mass is 273 g/mol. The van der Waals surface area contributed by atoms with Crippen molar-refractivity contribution in [3.05, 3.63) is 35.4 Å². The van der Waals surface area contributed by atoms with Crippen LogP contribution in [0.25, 0.3) is 0 Å². The van der Waals surface area contributed by atoms with Crippen molar-refractivity contribution in [3.8, 4) is 0 Å². The van der Waals surface area contributed by atoms with Crippen molar-refractivity contribution in [1.82, 2.24) is 5.32 Å². The summed E-state index contributed by atoms with van der Waals surface area (Å²) in [6.45, 7) is 3.17. The van der Waals surface area contributed by atoms with E-state index in [1.807, 2.05) is 0 Å². The molecule has 2 nitrogen and oxygen atoms in total. The minimum Gasteiger partial charge on any atom is -0.375 e. The molecule has 2 atom stereocenters. The van der Waals surface area contributed by atoms with Gasteiger partial charge in [0.1, 0.15) is 0 Å². The Morgan fingerprint density at radius 2 is 2.00 bits per heavy atom. The summed E-state index contributed by atoms with van der Waals surface area (Å²) >= 11 is 0. The van der Waals surface area contributed by atoms with Crippen LogP contribution in [0, 0.1) is 12.8 Å². The standard InChI is InChI=1S/C18H27NO/c1-14-7-3-4-8-16(14)17(19-2)15-9-12-20-18(13-15)10-5-6-11-18/h3-4,7-8,15,17,19H,5-6,9-13H2,1-2H3. The average molecular weight is 273 g/mol. The fraction of sp³-hybridized carbons (Fsp3) is 0.667. The van der Waals surface area contributed by atoms with E-state index in [0.29, 0.717) is 12.0 Å². The Morgan fingerprint density at radius 1 is 1.25 bits per heavy atom. The molecular formula is C18H27NO. The Labute approximate surface area is 122 Å². The molecule has 1 aromatic carbocycles. The zero-order valence-corrected chi connectivity index (χ0v) is 12.8. The summed E-state index contributed by atoms with van der Waals surface area (Å²) in [4.78, 5) is 0. The first kappa shape index (κ1) is 14.1. The molecule has 2 heteroatoms. The first-order valence-electron chi connectivity index (χ1n) is 8.11. The highest BCUT2D eigenvalue weighted by atomic mass is 16.5. The first-order valence-corrected chi connectivity index (χ1v) is 8.11. The van der Waals surface area contributed by atoms with Crippen LogP contribution in [0.1, 0.15) is 55.7 Å². The van der Waals surface area contributed by atoms with E-state index >= 15 is 0 Å². The lowest BCUT2D eigenvalue weighted by Gasteiger charge is -2.41. The summed E-state index contributed by atoms with van der Waals surface area (Å²) < 4.78 is 6.19. The molecule has 2 fully saturated rings. The maximum absolute atomic E-state index is 6.19. The molecule has 1 aliphatic carbocycles. The van der Waals surface area contributed by atoms with Crippen LogP contribution in [0.4, 0.5) is 0 Å². The van der Waals surface area contributed by atoms with Crippen molar-refractivity contribution in [2.75, 3.05) is 13.7 Å². The van der Waals surface area contributed by atoms with Gasteiger partial charge in [-0.2, -0.15) is 0 Å². The van der Waals surface area contributed by atoms with Crippen LogP contribution < -0.4 is 5.32 Å². The van der Waals surface area contributed by atoms with Crippen LogP contribution in [0.2, 0.25) is 0 Å². The molecular weight excluding hydrogens is 246 g/mol. The van der Waals surface area contributed by atoms with E-state index in [9.17, 15) is 0 Å². The number of hydrogen-bond donors (Lipinski definition) is 1. The lowest BCUT2D eigenvalue weighted by molar-refractivity contribution is -0.0979. The predicted octanol–water partition coefficient (Wildman–Crippen LogP) is 3.99. The molecule has 1 heterocycles. The van der Waals surface area contributed by atoms with Gasteiger partial charge in [0, 0.05) is 12.6 Å². The zero-order valence-electron chi connectivity index (χ0n) is 12.8. The van der Waals surface area contributed by atoms with E-state index in [2.05, 4.69) is 43.6 Å². The predicted molar refractivity (Wildman–Crippen MR) is 82.9 cm³/mol. The third-order valence-electron chi connectivity index (χ3n) is 5.35. The minimum absolute atomic E-state index is 0.209. The molecule has 2 unspecified atom stereocenters. The molecule has 20 heavy (non-hydrogen) atoms. The number of benzene rings is 1. The molecule has 0 bridgehead atoms. The summed E-state index contributed by atoms with van der Waals surface area (Å²) in [5, 5.41) is 3.58. The van der Waals surface area contributed by atoms with Crippen LogP contribution in [0.3, 0.4) is 0 Å². The van der Waals surface area contributed by atoms with Crippen molar-refractivity contribution < 1.29 is 4.74 Å². The van der Waals surface area contributed by atoms with Gasteiger partial charge in [0.25, 0.3) is 0 Å². The first-order chi connectivity index (χ1) is 9.74. The van der Waals surface area contributed by atoms with Gasteiger partial charge in [0.05, 0.1) is 5.60 Å². The smallest absolute Gasteiger partial charge is 0.0686 e. The van der Waals surface area contributed by atoms with Gasteiger partial charge in [-0.3, -0.25) is 0 Å². The van der Waals surface area contributed by atoms with Crippen molar-refractivity contribution >= 4 is 0 Å². The quantitative estimate of drug-likeness (QED) is 0.899. The molecule has 1 aromatic rings. The fourth-order valence-corrected chi connectivity index (χ4v) is 4.30. The SMILES string of the molecule is CNC(c1ccccc1C)C1CCOC2(CCCC2)C1. The second-order valence-electron chi connectivity index (χ2n) is 6.61. The van der Waals surface area contributed by atoms with Crippen LogP contribution >= 0.6 is 0 Å². The van der Waals surface area contributed by atoms with E-state index in [4.69, 9.17) is 4.74 Å². The molecule has 1 N–H and O–H groups in total. The van der Waals surface area contributed by atoms with Gasteiger partial charge >= 0.3 is 0 Å². The molecule has 1 aliphatic heterocycles. The number of aryl methyl sites for hydroxylation is 1. The van der Waals surface area contributed by atoms with Gasteiger partial charge < -0.3 is 10.1 Å². The Kier molecular flexibility index (Phi) is 4.13. The Morgan fingerprint density at radius 3 is 2.70 bits per heavy atom. The van der Waals surface area contributed by atoms with Gasteiger partial charge in [0.2, 0.25) is 0 Å². The third kappa shape index (κ3) is 2.64. The van der Waals surface area contributed by atoms with E-state index in [0.717, 1.165) is 6.61 Å². The number of rotatable bonds is 3. The molecule has 2 aliphatic rings. The topological polar surface area (TPSA) is 21.3 Å². The third-order valence-corrected chi connectivity index (χ3v) is 5.35. The highest BCUT2D eigenvalue weighted by Crippen LogP contribution is 2.45. The Hall–Kier alpha value is -0.860. The molecule has 110 valence electrons. The van der Waals surface area contributed by atoms with Gasteiger partial charge in [0.15, 0.2) is 0 Å². The van der Waals surface area contributed by atoms with Gasteiger partial charge in [-0.05, 0) is 56.7 Å². The molecule has 0 radical (unpaired) electrons. The Bertz CT molecular complexity index is 450. The van der Waals surface area contributed by atoms with E-state index < -0.39 is 0 Å². The second-order valence-corrected chi connectivity index (χ2v) is 6.61. The number of ether oxygens (including phenoxy) is 1. The maximum atomic E-state index is 6.19. The van der Waals surface area contributed by atoms with Gasteiger partial charge in [-0.25, -0.2) is 0 Å². The fourth-order valence-electron chi connectivity index (χ4n) is 4.30. The van der Waals surface area contributed by atoms with E-state index in [-0.39, 0.29) is 5.60 Å². The zero-order chi connectivity index (χ0) is 14.0. The normalized spacial score (nSPS) is 26.8. The largest absolute Gasteiger partial charge is 0.375 e. The van der Waals surface area contributed by atoms with Crippen LogP contribution in [0.15, 0.2) is 24.3 Å². The van der Waals surface area contributed by atoms with Crippen LogP contribution in [-0.2, 0) is 4.74 Å². The molecule has 0 aromatic heterocycles. The molecule has 1 saturated heterocycles. The van der Waals surface area contributed by atoms with Crippen molar-refractivity contribution in [2.45, 2.75) is 57.1 Å². The average Bonchev–Trinajstić information content (AvgIpc) is 2.90. The molecule has 0 amide bonds. The highest BCUT2D eigenvalue weighted by molar-refractivity contribution is 5.29. The maximum Gasteiger partial charge on any atom is 0.0686 e. The van der Waals surface area contributed by atoms with Crippen LogP contribution in [-0.4, -0.2) is 19.3 Å². The van der Waals surface area contributed by atoms with Crippen molar-refractivity contribution in [3.63, 3.8) is 0 Å². The van der Waals surface area contributed by atoms with Gasteiger partial charge in [-0.15, -0.1) is 0 Å². The number of nitrogens with one attached hydrogen (secondary N) is 1. The van der Waals surface area contributed by atoms with Crippen molar-refractivity contribution in [2.24, 2.45) is 5.92 Å². The van der Waals surface area contributed by atoms with E-state index in [1.54, 1.807) is 0 Å². The highest BCUT2D eigenvalue weighted by Gasteiger charge is 2.42. The lowest BCUT2D eigenvalue weighted by Crippen LogP contribution is -2.41. The molecule has 3 rings (SSSR count).